The minimum atomic E-state index is -0.417. The van der Waals surface area contributed by atoms with Crippen molar-refractivity contribution in [2.75, 3.05) is 14.1 Å². The second kappa shape index (κ2) is 3.12. The Bertz CT molecular complexity index is 268. The fourth-order valence-corrected chi connectivity index (χ4v) is 1.24. The van der Waals surface area contributed by atoms with Crippen molar-refractivity contribution in [1.29, 1.82) is 5.26 Å². The van der Waals surface area contributed by atoms with Crippen molar-refractivity contribution in [3.05, 3.63) is 23.8 Å². The first kappa shape index (κ1) is 9.02. The standard InChI is InChI=1S/C10H14N2/c1-9-4-6-10(8-11,7-5-9)12(2)3/h4-6H,7H2,1-3H3. The predicted octanol–water partition coefficient (Wildman–Crippen LogP) is 1.72. The maximum atomic E-state index is 9.03. The van der Waals surface area contributed by atoms with Gasteiger partial charge >= 0.3 is 0 Å². The van der Waals surface area contributed by atoms with Crippen LogP contribution in [0.1, 0.15) is 13.3 Å². The predicted molar refractivity (Wildman–Crippen MR) is 49.5 cm³/mol. The highest BCUT2D eigenvalue weighted by Crippen LogP contribution is 2.24. The third kappa shape index (κ3) is 1.41. The number of likely N-dealkylation sites (N-methyl/N-ethyl adjacent to an activating group) is 1. The van der Waals surface area contributed by atoms with Crippen LogP contribution in [-0.2, 0) is 0 Å². The average Bonchev–Trinajstić information content (AvgIpc) is 2.06. The molecule has 64 valence electrons. The summed E-state index contributed by atoms with van der Waals surface area (Å²) in [7, 11) is 3.87. The Morgan fingerprint density at radius 2 is 2.25 bits per heavy atom. The van der Waals surface area contributed by atoms with Gasteiger partial charge in [-0.15, -0.1) is 0 Å². The Kier molecular flexibility index (Phi) is 2.35. The van der Waals surface area contributed by atoms with Gasteiger partial charge in [-0.1, -0.05) is 17.7 Å². The summed E-state index contributed by atoms with van der Waals surface area (Å²) in [6.45, 7) is 2.05. The van der Waals surface area contributed by atoms with Gasteiger partial charge in [0.1, 0.15) is 5.54 Å². The summed E-state index contributed by atoms with van der Waals surface area (Å²) >= 11 is 0. The van der Waals surface area contributed by atoms with Crippen molar-refractivity contribution in [2.45, 2.75) is 18.9 Å². The molecule has 0 saturated heterocycles. The molecule has 1 unspecified atom stereocenters. The van der Waals surface area contributed by atoms with E-state index in [0.29, 0.717) is 0 Å². The Balaban J connectivity index is 2.90. The van der Waals surface area contributed by atoms with Crippen molar-refractivity contribution in [2.24, 2.45) is 0 Å². The molecule has 1 aliphatic rings. The molecule has 0 saturated carbocycles. The van der Waals surface area contributed by atoms with Gasteiger partial charge in [0.2, 0.25) is 0 Å². The van der Waals surface area contributed by atoms with Crippen LogP contribution in [0.2, 0.25) is 0 Å². The summed E-state index contributed by atoms with van der Waals surface area (Å²) in [6.07, 6.45) is 6.87. The lowest BCUT2D eigenvalue weighted by molar-refractivity contribution is 0.271. The Morgan fingerprint density at radius 3 is 2.58 bits per heavy atom. The number of allylic oxidation sites excluding steroid dienone is 2. The molecule has 0 aromatic rings. The molecule has 0 heterocycles. The maximum absolute atomic E-state index is 9.03. The molecule has 2 nitrogen and oxygen atoms in total. The molecule has 1 atom stereocenters. The molecular weight excluding hydrogens is 148 g/mol. The van der Waals surface area contributed by atoms with E-state index in [-0.39, 0.29) is 0 Å². The molecule has 0 N–H and O–H groups in total. The summed E-state index contributed by atoms with van der Waals surface area (Å²) < 4.78 is 0. The molecule has 12 heavy (non-hydrogen) atoms. The van der Waals surface area contributed by atoms with Gasteiger partial charge in [-0.25, -0.2) is 0 Å². The van der Waals surface area contributed by atoms with Crippen LogP contribution in [0, 0.1) is 11.3 Å². The molecule has 0 aromatic carbocycles. The topological polar surface area (TPSA) is 27.0 Å². The van der Waals surface area contributed by atoms with Gasteiger partial charge in [0.15, 0.2) is 0 Å². The maximum Gasteiger partial charge on any atom is 0.131 e. The first-order valence-electron chi connectivity index (χ1n) is 4.05. The molecule has 0 fully saturated rings. The minimum absolute atomic E-state index is 0.417. The van der Waals surface area contributed by atoms with Crippen molar-refractivity contribution in [3.8, 4) is 6.07 Å². The third-order valence-corrected chi connectivity index (χ3v) is 2.35. The van der Waals surface area contributed by atoms with E-state index < -0.39 is 5.54 Å². The SMILES string of the molecule is CC1=CCC(C#N)(N(C)C)C=C1. The third-order valence-electron chi connectivity index (χ3n) is 2.35. The zero-order valence-corrected chi connectivity index (χ0v) is 7.83. The summed E-state index contributed by atoms with van der Waals surface area (Å²) in [4.78, 5) is 1.95. The highest BCUT2D eigenvalue weighted by molar-refractivity contribution is 5.33. The van der Waals surface area contributed by atoms with Gasteiger partial charge in [-0.05, 0) is 27.1 Å². The van der Waals surface area contributed by atoms with Crippen LogP contribution in [0.4, 0.5) is 0 Å². The molecule has 0 aliphatic heterocycles. The van der Waals surface area contributed by atoms with Crippen molar-refractivity contribution >= 4 is 0 Å². The lowest BCUT2D eigenvalue weighted by Gasteiger charge is -2.31. The van der Waals surface area contributed by atoms with Gasteiger partial charge in [0.05, 0.1) is 6.07 Å². The highest BCUT2D eigenvalue weighted by atomic mass is 15.1. The van der Waals surface area contributed by atoms with E-state index in [1.165, 1.54) is 5.57 Å². The Labute approximate surface area is 73.8 Å². The quantitative estimate of drug-likeness (QED) is 0.587. The van der Waals surface area contributed by atoms with Crippen LogP contribution >= 0.6 is 0 Å². The zero-order valence-electron chi connectivity index (χ0n) is 7.83. The lowest BCUT2D eigenvalue weighted by Crippen LogP contribution is -2.41. The van der Waals surface area contributed by atoms with E-state index in [9.17, 15) is 0 Å². The van der Waals surface area contributed by atoms with Crippen LogP contribution < -0.4 is 0 Å². The van der Waals surface area contributed by atoms with Gasteiger partial charge in [0.25, 0.3) is 0 Å². The summed E-state index contributed by atoms with van der Waals surface area (Å²) in [5.41, 5.74) is 0.821. The van der Waals surface area contributed by atoms with Crippen molar-refractivity contribution in [1.82, 2.24) is 4.90 Å². The van der Waals surface area contributed by atoms with Crippen LogP contribution in [0.3, 0.4) is 0 Å². The number of hydrogen-bond donors (Lipinski definition) is 0. The molecule has 0 amide bonds. The zero-order chi connectivity index (χ0) is 9.19. The van der Waals surface area contributed by atoms with Gasteiger partial charge < -0.3 is 0 Å². The fourth-order valence-electron chi connectivity index (χ4n) is 1.24. The molecule has 0 radical (unpaired) electrons. The Morgan fingerprint density at radius 1 is 1.58 bits per heavy atom. The second-order valence-corrected chi connectivity index (χ2v) is 3.42. The van der Waals surface area contributed by atoms with Gasteiger partial charge in [-0.2, -0.15) is 5.26 Å². The van der Waals surface area contributed by atoms with Crippen LogP contribution in [0.25, 0.3) is 0 Å². The Hall–Kier alpha value is -1.07. The van der Waals surface area contributed by atoms with E-state index in [1.54, 1.807) is 0 Å². The summed E-state index contributed by atoms with van der Waals surface area (Å²) in [5.74, 6) is 0. The number of nitrogens with zero attached hydrogens (tertiary/aromatic N) is 2. The van der Waals surface area contributed by atoms with E-state index in [2.05, 4.69) is 12.1 Å². The average molecular weight is 162 g/mol. The minimum Gasteiger partial charge on any atom is -0.288 e. The number of nitriles is 1. The molecular formula is C10H14N2. The summed E-state index contributed by atoms with van der Waals surface area (Å²) in [5, 5.41) is 9.03. The number of hydrogen-bond acceptors (Lipinski definition) is 2. The van der Waals surface area contributed by atoms with Crippen LogP contribution in [0.15, 0.2) is 23.8 Å². The first-order valence-corrected chi connectivity index (χ1v) is 4.05. The van der Waals surface area contributed by atoms with E-state index in [4.69, 9.17) is 5.26 Å². The van der Waals surface area contributed by atoms with Gasteiger partial charge in [0, 0.05) is 6.42 Å². The van der Waals surface area contributed by atoms with E-state index in [0.717, 1.165) is 6.42 Å². The normalized spacial score (nSPS) is 28.4. The van der Waals surface area contributed by atoms with E-state index >= 15 is 0 Å². The molecule has 0 bridgehead atoms. The fraction of sp³-hybridized carbons (Fsp3) is 0.500. The largest absolute Gasteiger partial charge is 0.288 e. The smallest absolute Gasteiger partial charge is 0.131 e. The molecule has 1 aliphatic carbocycles. The van der Waals surface area contributed by atoms with E-state index in [1.807, 2.05) is 38.1 Å². The van der Waals surface area contributed by atoms with Crippen molar-refractivity contribution < 1.29 is 0 Å². The lowest BCUT2D eigenvalue weighted by atomic mass is 9.89. The molecule has 0 spiro atoms. The summed E-state index contributed by atoms with van der Waals surface area (Å²) in [6, 6.07) is 2.33. The van der Waals surface area contributed by atoms with Crippen LogP contribution in [0.5, 0.6) is 0 Å². The highest BCUT2D eigenvalue weighted by Gasteiger charge is 2.29. The number of rotatable bonds is 1. The van der Waals surface area contributed by atoms with Crippen molar-refractivity contribution in [3.63, 3.8) is 0 Å². The molecule has 2 heteroatoms. The molecule has 0 aromatic heterocycles. The first-order chi connectivity index (χ1) is 5.60. The second-order valence-electron chi connectivity index (χ2n) is 3.42. The van der Waals surface area contributed by atoms with Gasteiger partial charge in [-0.3, -0.25) is 4.90 Å². The monoisotopic (exact) mass is 162 g/mol. The van der Waals surface area contributed by atoms with Crippen LogP contribution in [-0.4, -0.2) is 24.5 Å². The molecule has 1 rings (SSSR count).